The van der Waals surface area contributed by atoms with E-state index in [9.17, 15) is 4.79 Å². The van der Waals surface area contributed by atoms with Crippen LogP contribution in [0, 0.1) is 5.41 Å². The molecule has 1 aromatic heterocycles. The number of piperidine rings is 1. The zero-order chi connectivity index (χ0) is 20.1. The number of carbonyl (C=O) groups is 1. The topological polar surface area (TPSA) is 41.4 Å². The van der Waals surface area contributed by atoms with Crippen molar-refractivity contribution in [3.05, 3.63) is 53.9 Å². The van der Waals surface area contributed by atoms with Crippen LogP contribution in [0.1, 0.15) is 43.2 Å². The van der Waals surface area contributed by atoms with Gasteiger partial charge < -0.3 is 9.80 Å². The third-order valence-electron chi connectivity index (χ3n) is 6.70. The molecule has 4 rings (SSSR count). The van der Waals surface area contributed by atoms with Gasteiger partial charge in [0.1, 0.15) is 0 Å². The summed E-state index contributed by atoms with van der Waals surface area (Å²) >= 11 is 0. The second kappa shape index (κ2) is 9.12. The molecule has 2 aliphatic rings. The van der Waals surface area contributed by atoms with Crippen LogP contribution in [0.2, 0.25) is 0 Å². The fraction of sp³-hybridized carbons (Fsp3) is 0.583. The van der Waals surface area contributed by atoms with E-state index in [2.05, 4.69) is 45.2 Å². The van der Waals surface area contributed by atoms with Crippen LogP contribution in [0.15, 0.2) is 42.7 Å². The van der Waals surface area contributed by atoms with Gasteiger partial charge in [0.05, 0.1) is 6.20 Å². The lowest BCUT2D eigenvalue weighted by atomic mass is 9.79. The van der Waals surface area contributed by atoms with E-state index in [-0.39, 0.29) is 0 Å². The molecule has 2 aliphatic heterocycles. The van der Waals surface area contributed by atoms with Crippen molar-refractivity contribution in [3.63, 3.8) is 0 Å². The van der Waals surface area contributed by atoms with Gasteiger partial charge in [-0.15, -0.1) is 0 Å². The molecule has 1 amide bonds. The molecule has 2 aromatic rings. The van der Waals surface area contributed by atoms with Gasteiger partial charge in [-0.05, 0) is 62.7 Å². The van der Waals surface area contributed by atoms with Gasteiger partial charge in [-0.3, -0.25) is 9.48 Å². The van der Waals surface area contributed by atoms with Gasteiger partial charge in [0.25, 0.3) is 0 Å². The fourth-order valence-electron chi connectivity index (χ4n) is 5.14. The molecule has 2 fully saturated rings. The van der Waals surface area contributed by atoms with Crippen LogP contribution in [0.3, 0.4) is 0 Å². The van der Waals surface area contributed by atoms with Crippen LogP contribution < -0.4 is 0 Å². The highest BCUT2D eigenvalue weighted by atomic mass is 16.2. The van der Waals surface area contributed by atoms with E-state index in [0.717, 1.165) is 38.0 Å². The molecule has 0 aliphatic carbocycles. The van der Waals surface area contributed by atoms with Crippen LogP contribution in [-0.2, 0) is 24.7 Å². The van der Waals surface area contributed by atoms with Crippen LogP contribution >= 0.6 is 0 Å². The predicted octanol–water partition coefficient (Wildman–Crippen LogP) is 3.30. The van der Waals surface area contributed by atoms with Gasteiger partial charge >= 0.3 is 0 Å². The number of hydrogen-bond donors (Lipinski definition) is 0. The van der Waals surface area contributed by atoms with Crippen LogP contribution in [0.25, 0.3) is 0 Å². The van der Waals surface area contributed by atoms with Crippen molar-refractivity contribution in [1.29, 1.82) is 0 Å². The number of amides is 1. The highest BCUT2D eigenvalue weighted by Crippen LogP contribution is 2.39. The number of aromatic nitrogens is 2. The fourth-order valence-corrected chi connectivity index (χ4v) is 5.14. The summed E-state index contributed by atoms with van der Waals surface area (Å²) in [6.07, 6.45) is 11.3. The first-order valence-electron chi connectivity index (χ1n) is 11.1. The second-order valence-electron chi connectivity index (χ2n) is 9.06. The van der Waals surface area contributed by atoms with E-state index in [1.807, 2.05) is 19.4 Å². The third-order valence-corrected chi connectivity index (χ3v) is 6.70. The van der Waals surface area contributed by atoms with Crippen molar-refractivity contribution < 1.29 is 4.79 Å². The Morgan fingerprint density at radius 1 is 1.07 bits per heavy atom. The van der Waals surface area contributed by atoms with Crippen molar-refractivity contribution in [2.75, 3.05) is 32.7 Å². The first-order chi connectivity index (χ1) is 14.1. The average Bonchev–Trinajstić information content (AvgIpc) is 3.33. The maximum atomic E-state index is 12.7. The van der Waals surface area contributed by atoms with Crippen molar-refractivity contribution in [2.24, 2.45) is 12.5 Å². The highest BCUT2D eigenvalue weighted by Gasteiger charge is 2.42. The molecular formula is C24H34N4O. The zero-order valence-electron chi connectivity index (χ0n) is 17.7. The van der Waals surface area contributed by atoms with Crippen molar-refractivity contribution in [1.82, 2.24) is 19.6 Å². The van der Waals surface area contributed by atoms with Gasteiger partial charge in [-0.2, -0.15) is 5.10 Å². The lowest BCUT2D eigenvalue weighted by molar-refractivity contribution is -0.130. The van der Waals surface area contributed by atoms with Crippen molar-refractivity contribution in [3.8, 4) is 0 Å². The van der Waals surface area contributed by atoms with Gasteiger partial charge in [0.15, 0.2) is 0 Å². The lowest BCUT2D eigenvalue weighted by Crippen LogP contribution is -2.45. The summed E-state index contributed by atoms with van der Waals surface area (Å²) in [5, 5.41) is 4.20. The Labute approximate surface area is 174 Å². The molecule has 0 saturated carbocycles. The average molecular weight is 395 g/mol. The molecule has 2 saturated heterocycles. The standard InChI is InChI=1S/C24H34N4O/c1-26-18-22(17-25-26)10-11-23(29)28-16-13-24(20-28)12-6-15-27(19-24)14-5-9-21-7-3-2-4-8-21/h2-4,7-8,17-18H,5-6,9-16,19-20H2,1H3. The Hall–Kier alpha value is -2.14. The largest absolute Gasteiger partial charge is 0.342 e. The van der Waals surface area contributed by atoms with Gasteiger partial charge in [0, 0.05) is 44.7 Å². The van der Waals surface area contributed by atoms with Crippen LogP contribution in [0.4, 0.5) is 0 Å². The Balaban J connectivity index is 1.23. The van der Waals surface area contributed by atoms with Crippen molar-refractivity contribution in [2.45, 2.75) is 44.9 Å². The Morgan fingerprint density at radius 2 is 1.93 bits per heavy atom. The number of benzene rings is 1. The highest BCUT2D eigenvalue weighted by molar-refractivity contribution is 5.76. The molecule has 0 N–H and O–H groups in total. The molecule has 5 heteroatoms. The molecule has 0 radical (unpaired) electrons. The minimum absolute atomic E-state index is 0.312. The number of carbonyl (C=O) groups excluding carboxylic acids is 1. The number of aryl methyl sites for hydroxylation is 3. The van der Waals surface area contributed by atoms with Gasteiger partial charge in [-0.25, -0.2) is 0 Å². The number of likely N-dealkylation sites (tertiary alicyclic amines) is 2. The van der Waals surface area contributed by atoms with E-state index < -0.39 is 0 Å². The van der Waals surface area contributed by atoms with E-state index in [0.29, 0.717) is 17.7 Å². The van der Waals surface area contributed by atoms with E-state index in [4.69, 9.17) is 0 Å². The first-order valence-corrected chi connectivity index (χ1v) is 11.1. The lowest BCUT2D eigenvalue weighted by Gasteiger charge is -2.40. The molecule has 5 nitrogen and oxygen atoms in total. The molecule has 1 unspecified atom stereocenters. The first kappa shape index (κ1) is 20.1. The van der Waals surface area contributed by atoms with Crippen molar-refractivity contribution >= 4 is 5.91 Å². The Bertz CT molecular complexity index is 802. The molecule has 1 spiro atoms. The number of hydrogen-bond acceptors (Lipinski definition) is 3. The summed E-state index contributed by atoms with van der Waals surface area (Å²) in [6.45, 7) is 5.43. The number of rotatable bonds is 7. The minimum Gasteiger partial charge on any atom is -0.342 e. The van der Waals surface area contributed by atoms with E-state index in [1.54, 1.807) is 4.68 Å². The molecular weight excluding hydrogens is 360 g/mol. The molecule has 156 valence electrons. The van der Waals surface area contributed by atoms with E-state index in [1.165, 1.54) is 44.3 Å². The number of nitrogens with zero attached hydrogens (tertiary/aromatic N) is 4. The van der Waals surface area contributed by atoms with Gasteiger partial charge in [-0.1, -0.05) is 30.3 Å². The summed E-state index contributed by atoms with van der Waals surface area (Å²) in [4.78, 5) is 17.5. The van der Waals surface area contributed by atoms with Crippen LogP contribution in [0.5, 0.6) is 0 Å². The normalized spacial score (nSPS) is 22.4. The summed E-state index contributed by atoms with van der Waals surface area (Å²) in [7, 11) is 1.92. The molecule has 1 aromatic carbocycles. The van der Waals surface area contributed by atoms with E-state index >= 15 is 0 Å². The maximum absolute atomic E-state index is 12.7. The quantitative estimate of drug-likeness (QED) is 0.724. The Kier molecular flexibility index (Phi) is 6.34. The van der Waals surface area contributed by atoms with Crippen LogP contribution in [-0.4, -0.2) is 58.2 Å². The molecule has 29 heavy (non-hydrogen) atoms. The smallest absolute Gasteiger partial charge is 0.222 e. The third kappa shape index (κ3) is 5.27. The summed E-state index contributed by atoms with van der Waals surface area (Å²) in [6, 6.07) is 10.8. The summed E-state index contributed by atoms with van der Waals surface area (Å²) in [5.74, 6) is 0.312. The minimum atomic E-state index is 0.312. The summed E-state index contributed by atoms with van der Waals surface area (Å²) in [5.41, 5.74) is 2.91. The summed E-state index contributed by atoms with van der Waals surface area (Å²) < 4.78 is 1.80. The molecule has 3 heterocycles. The maximum Gasteiger partial charge on any atom is 0.222 e. The zero-order valence-corrected chi connectivity index (χ0v) is 17.7. The SMILES string of the molecule is Cn1cc(CCC(=O)N2CCC3(CCCN(CCCc4ccccc4)C3)C2)cn1. The monoisotopic (exact) mass is 394 g/mol. The molecule has 0 bridgehead atoms. The predicted molar refractivity (Wildman–Crippen MR) is 116 cm³/mol. The molecule has 1 atom stereocenters. The Morgan fingerprint density at radius 3 is 2.72 bits per heavy atom. The second-order valence-corrected chi connectivity index (χ2v) is 9.06. The van der Waals surface area contributed by atoms with Gasteiger partial charge in [0.2, 0.25) is 5.91 Å².